The van der Waals surface area contributed by atoms with Crippen molar-refractivity contribution in [3.63, 3.8) is 0 Å². The minimum atomic E-state index is -0.589. The maximum absolute atomic E-state index is 12.2. The van der Waals surface area contributed by atoms with Gasteiger partial charge in [-0.3, -0.25) is 4.79 Å². The normalized spacial score (nSPS) is 20.6. The average Bonchev–Trinajstić information content (AvgIpc) is 2.47. The number of amides is 1. The molecule has 3 unspecified atom stereocenters. The molecule has 0 bridgehead atoms. The smallest absolute Gasteiger partial charge is 0.241 e. The summed E-state index contributed by atoms with van der Waals surface area (Å²) in [5.74, 6) is 0.659. The molecule has 0 saturated carbocycles. The Morgan fingerprint density at radius 1 is 1.35 bits per heavy atom. The predicted octanol–water partition coefficient (Wildman–Crippen LogP) is 2.77. The summed E-state index contributed by atoms with van der Waals surface area (Å²) in [7, 11) is 0. The molecule has 3 atom stereocenters. The fourth-order valence-electron chi connectivity index (χ4n) is 3.03. The number of rotatable bonds is 5. The second-order valence-electron chi connectivity index (χ2n) is 6.30. The molecule has 132 valence electrons. The van der Waals surface area contributed by atoms with Crippen molar-refractivity contribution in [3.8, 4) is 0 Å². The van der Waals surface area contributed by atoms with Gasteiger partial charge in [0.05, 0.1) is 0 Å². The van der Waals surface area contributed by atoms with E-state index in [1.807, 2.05) is 30.3 Å². The Balaban J connectivity index is 0.00000242. The molecule has 1 fully saturated rings. The summed E-state index contributed by atoms with van der Waals surface area (Å²) in [6.45, 7) is 7.51. The SMILES string of the molecule is CC1CCCN(CC(C)NC(=O)C(N)c2ccccc2)C1.Cl.Cl. The van der Waals surface area contributed by atoms with E-state index in [-0.39, 0.29) is 36.8 Å². The minimum Gasteiger partial charge on any atom is -0.351 e. The van der Waals surface area contributed by atoms with Crippen LogP contribution in [-0.2, 0) is 4.79 Å². The summed E-state index contributed by atoms with van der Waals surface area (Å²) in [6, 6.07) is 9.05. The molecule has 3 N–H and O–H groups in total. The van der Waals surface area contributed by atoms with Crippen molar-refractivity contribution < 1.29 is 4.79 Å². The topological polar surface area (TPSA) is 58.4 Å². The van der Waals surface area contributed by atoms with Gasteiger partial charge in [-0.1, -0.05) is 37.3 Å². The van der Waals surface area contributed by atoms with E-state index < -0.39 is 6.04 Å². The fourth-order valence-corrected chi connectivity index (χ4v) is 3.03. The van der Waals surface area contributed by atoms with Gasteiger partial charge in [-0.2, -0.15) is 0 Å². The Bertz CT molecular complexity index is 458. The Labute approximate surface area is 152 Å². The molecule has 6 heteroatoms. The Hall–Kier alpha value is -0.810. The number of piperidine rings is 1. The number of hydrogen-bond donors (Lipinski definition) is 2. The Morgan fingerprint density at radius 3 is 2.61 bits per heavy atom. The van der Waals surface area contributed by atoms with Crippen LogP contribution in [0.15, 0.2) is 30.3 Å². The molecule has 1 aliphatic heterocycles. The molecule has 1 aromatic rings. The summed E-state index contributed by atoms with van der Waals surface area (Å²) in [4.78, 5) is 14.6. The zero-order chi connectivity index (χ0) is 15.2. The highest BCUT2D eigenvalue weighted by Crippen LogP contribution is 2.15. The van der Waals surface area contributed by atoms with E-state index in [2.05, 4.69) is 24.1 Å². The van der Waals surface area contributed by atoms with E-state index >= 15 is 0 Å². The number of carbonyl (C=O) groups is 1. The van der Waals surface area contributed by atoms with Crippen molar-refractivity contribution in [1.82, 2.24) is 10.2 Å². The second-order valence-corrected chi connectivity index (χ2v) is 6.30. The van der Waals surface area contributed by atoms with Crippen LogP contribution in [0.2, 0.25) is 0 Å². The molecule has 1 heterocycles. The Kier molecular flexibility index (Phi) is 10.5. The third-order valence-corrected chi connectivity index (χ3v) is 4.10. The van der Waals surface area contributed by atoms with Gasteiger partial charge in [-0.05, 0) is 37.8 Å². The van der Waals surface area contributed by atoms with E-state index in [4.69, 9.17) is 5.73 Å². The number of carbonyl (C=O) groups excluding carboxylic acids is 1. The minimum absolute atomic E-state index is 0. The van der Waals surface area contributed by atoms with Gasteiger partial charge < -0.3 is 16.0 Å². The first-order chi connectivity index (χ1) is 10.1. The Morgan fingerprint density at radius 2 is 2.00 bits per heavy atom. The lowest BCUT2D eigenvalue weighted by atomic mass is 10.00. The molecule has 2 rings (SSSR count). The molecule has 23 heavy (non-hydrogen) atoms. The largest absolute Gasteiger partial charge is 0.351 e. The number of hydrogen-bond acceptors (Lipinski definition) is 3. The van der Waals surface area contributed by atoms with Gasteiger partial charge in [0.1, 0.15) is 6.04 Å². The summed E-state index contributed by atoms with van der Waals surface area (Å²) < 4.78 is 0. The number of halogens is 2. The van der Waals surface area contributed by atoms with Crippen molar-refractivity contribution in [3.05, 3.63) is 35.9 Å². The monoisotopic (exact) mass is 361 g/mol. The fraction of sp³-hybridized carbons (Fsp3) is 0.588. The predicted molar refractivity (Wildman–Crippen MR) is 100 cm³/mol. The van der Waals surface area contributed by atoms with Crippen LogP contribution in [0.3, 0.4) is 0 Å². The molecule has 0 aromatic heterocycles. The number of nitrogens with two attached hydrogens (primary N) is 1. The van der Waals surface area contributed by atoms with Crippen LogP contribution in [0.5, 0.6) is 0 Å². The quantitative estimate of drug-likeness (QED) is 0.847. The molecule has 0 aliphatic carbocycles. The van der Waals surface area contributed by atoms with Crippen LogP contribution in [-0.4, -0.2) is 36.5 Å². The number of likely N-dealkylation sites (tertiary alicyclic amines) is 1. The summed E-state index contributed by atoms with van der Waals surface area (Å²) in [5, 5.41) is 3.03. The highest BCUT2D eigenvalue weighted by atomic mass is 35.5. The van der Waals surface area contributed by atoms with Crippen molar-refractivity contribution in [2.45, 2.75) is 38.8 Å². The van der Waals surface area contributed by atoms with Crippen molar-refractivity contribution in [2.24, 2.45) is 11.7 Å². The zero-order valence-corrected chi connectivity index (χ0v) is 15.5. The van der Waals surface area contributed by atoms with E-state index in [1.165, 1.54) is 12.8 Å². The first kappa shape index (κ1) is 22.2. The number of nitrogens with one attached hydrogen (secondary N) is 1. The number of benzene rings is 1. The third kappa shape index (κ3) is 7.08. The molecule has 1 saturated heterocycles. The van der Waals surface area contributed by atoms with E-state index in [0.29, 0.717) is 0 Å². The molecular weight excluding hydrogens is 333 g/mol. The highest BCUT2D eigenvalue weighted by molar-refractivity contribution is 5.85. The van der Waals surface area contributed by atoms with E-state index in [0.717, 1.165) is 31.1 Å². The molecule has 1 aromatic carbocycles. The molecule has 1 amide bonds. The maximum Gasteiger partial charge on any atom is 0.241 e. The molecular formula is C17H29Cl2N3O. The summed E-state index contributed by atoms with van der Waals surface area (Å²) in [6.07, 6.45) is 2.57. The lowest BCUT2D eigenvalue weighted by molar-refractivity contribution is -0.123. The van der Waals surface area contributed by atoms with Gasteiger partial charge in [0, 0.05) is 19.1 Å². The molecule has 1 aliphatic rings. The van der Waals surface area contributed by atoms with Gasteiger partial charge in [0.25, 0.3) is 0 Å². The number of nitrogens with zero attached hydrogens (tertiary/aromatic N) is 1. The van der Waals surface area contributed by atoms with Crippen molar-refractivity contribution in [2.75, 3.05) is 19.6 Å². The van der Waals surface area contributed by atoms with Crippen LogP contribution in [0, 0.1) is 5.92 Å². The zero-order valence-electron chi connectivity index (χ0n) is 13.9. The highest BCUT2D eigenvalue weighted by Gasteiger charge is 2.21. The molecule has 0 spiro atoms. The van der Waals surface area contributed by atoms with Gasteiger partial charge in [0.2, 0.25) is 5.91 Å². The van der Waals surface area contributed by atoms with E-state index in [1.54, 1.807) is 0 Å². The average molecular weight is 362 g/mol. The van der Waals surface area contributed by atoms with E-state index in [9.17, 15) is 4.79 Å². The van der Waals surface area contributed by atoms with Crippen LogP contribution >= 0.6 is 24.8 Å². The first-order valence-electron chi connectivity index (χ1n) is 7.89. The summed E-state index contributed by atoms with van der Waals surface area (Å²) in [5.41, 5.74) is 6.87. The molecule has 0 radical (unpaired) electrons. The molecule has 4 nitrogen and oxygen atoms in total. The van der Waals surface area contributed by atoms with Gasteiger partial charge in [-0.15, -0.1) is 24.8 Å². The summed E-state index contributed by atoms with van der Waals surface area (Å²) >= 11 is 0. The van der Waals surface area contributed by atoms with Gasteiger partial charge >= 0.3 is 0 Å². The standard InChI is InChI=1S/C17H27N3O.2ClH/c1-13-7-6-10-20(11-13)12-14(2)19-17(21)16(18)15-8-4-3-5-9-15;;/h3-5,8-9,13-14,16H,6-7,10-12,18H2,1-2H3,(H,19,21);2*1H. The van der Waals surface area contributed by atoms with Crippen LogP contribution in [0.4, 0.5) is 0 Å². The maximum atomic E-state index is 12.2. The third-order valence-electron chi connectivity index (χ3n) is 4.10. The van der Waals surface area contributed by atoms with Crippen molar-refractivity contribution in [1.29, 1.82) is 0 Å². The van der Waals surface area contributed by atoms with Crippen LogP contribution < -0.4 is 11.1 Å². The lowest BCUT2D eigenvalue weighted by Gasteiger charge is -2.33. The lowest BCUT2D eigenvalue weighted by Crippen LogP contribution is -2.47. The van der Waals surface area contributed by atoms with Gasteiger partial charge in [-0.25, -0.2) is 0 Å². The first-order valence-corrected chi connectivity index (χ1v) is 7.89. The van der Waals surface area contributed by atoms with Crippen LogP contribution in [0.25, 0.3) is 0 Å². The van der Waals surface area contributed by atoms with Crippen LogP contribution in [0.1, 0.15) is 38.3 Å². The van der Waals surface area contributed by atoms with Gasteiger partial charge in [0.15, 0.2) is 0 Å². The van der Waals surface area contributed by atoms with Crippen molar-refractivity contribution >= 4 is 30.7 Å². The second kappa shape index (κ2) is 10.9.